The van der Waals surface area contributed by atoms with Crippen LogP contribution in [-0.2, 0) is 11.2 Å². The van der Waals surface area contributed by atoms with Gasteiger partial charge in [-0.25, -0.2) is 0 Å². The van der Waals surface area contributed by atoms with Crippen molar-refractivity contribution in [3.63, 3.8) is 0 Å². The number of para-hydroxylation sites is 1. The van der Waals surface area contributed by atoms with E-state index in [0.717, 1.165) is 36.1 Å². The molecule has 4 heteroatoms. The Kier molecular flexibility index (Phi) is 5.33. The normalized spacial score (nSPS) is 18.1. The highest BCUT2D eigenvalue weighted by molar-refractivity contribution is 6.30. The number of halogens is 1. The van der Waals surface area contributed by atoms with Crippen LogP contribution in [0.5, 0.6) is 5.75 Å². The largest absolute Gasteiger partial charge is 0.487 e. The van der Waals surface area contributed by atoms with Crippen LogP contribution in [0.1, 0.15) is 50.3 Å². The van der Waals surface area contributed by atoms with Gasteiger partial charge in [-0.3, -0.25) is 4.79 Å². The first-order valence-corrected chi connectivity index (χ1v) is 9.25. The lowest BCUT2D eigenvalue weighted by atomic mass is 9.83. The minimum absolute atomic E-state index is 0.0186. The average molecular weight is 358 g/mol. The fraction of sp³-hybridized carbons (Fsp3) is 0.381. The van der Waals surface area contributed by atoms with Crippen molar-refractivity contribution in [1.29, 1.82) is 0 Å². The van der Waals surface area contributed by atoms with Crippen LogP contribution in [0.3, 0.4) is 0 Å². The molecule has 0 spiro atoms. The molecule has 0 radical (unpaired) electrons. The van der Waals surface area contributed by atoms with Gasteiger partial charge in [0.25, 0.3) is 0 Å². The molecule has 0 bridgehead atoms. The summed E-state index contributed by atoms with van der Waals surface area (Å²) in [7, 11) is 0. The fourth-order valence-corrected chi connectivity index (χ4v) is 3.59. The maximum atomic E-state index is 12.6. The van der Waals surface area contributed by atoms with Gasteiger partial charge in [-0.15, -0.1) is 0 Å². The summed E-state index contributed by atoms with van der Waals surface area (Å²) in [6, 6.07) is 15.4. The molecule has 2 aromatic carbocycles. The van der Waals surface area contributed by atoms with Gasteiger partial charge < -0.3 is 10.1 Å². The van der Waals surface area contributed by atoms with Crippen LogP contribution < -0.4 is 10.1 Å². The van der Waals surface area contributed by atoms with E-state index in [2.05, 4.69) is 19.2 Å². The lowest BCUT2D eigenvalue weighted by Crippen LogP contribution is -2.44. The summed E-state index contributed by atoms with van der Waals surface area (Å²) in [5.74, 6) is 0.902. The molecule has 1 atom stereocenters. The Bertz CT molecular complexity index is 738. The van der Waals surface area contributed by atoms with E-state index < -0.39 is 0 Å². The molecule has 1 unspecified atom stereocenters. The second kappa shape index (κ2) is 7.49. The molecule has 0 aliphatic carbocycles. The van der Waals surface area contributed by atoms with E-state index in [4.69, 9.17) is 16.3 Å². The molecule has 1 aliphatic heterocycles. The number of amides is 1. The van der Waals surface area contributed by atoms with Crippen LogP contribution in [0.25, 0.3) is 0 Å². The molecular formula is C21H24ClNO2. The first-order valence-electron chi connectivity index (χ1n) is 8.87. The smallest absolute Gasteiger partial charge is 0.224 e. The highest BCUT2D eigenvalue weighted by Crippen LogP contribution is 2.42. The molecule has 2 aromatic rings. The average Bonchev–Trinajstić information content (AvgIpc) is 2.63. The second-order valence-corrected chi connectivity index (χ2v) is 7.09. The van der Waals surface area contributed by atoms with Gasteiger partial charge >= 0.3 is 0 Å². The van der Waals surface area contributed by atoms with Crippen molar-refractivity contribution in [2.24, 2.45) is 0 Å². The Morgan fingerprint density at radius 3 is 2.52 bits per heavy atom. The van der Waals surface area contributed by atoms with E-state index in [-0.39, 0.29) is 17.6 Å². The number of rotatable bonds is 5. The number of hydrogen-bond acceptors (Lipinski definition) is 2. The molecule has 0 saturated carbocycles. The minimum Gasteiger partial charge on any atom is -0.487 e. The van der Waals surface area contributed by atoms with Crippen molar-refractivity contribution in [1.82, 2.24) is 5.32 Å². The number of ether oxygens (including phenoxy) is 1. The number of fused-ring (bicyclic) bond motifs is 1. The molecule has 3 rings (SSSR count). The Hall–Kier alpha value is -2.00. The molecule has 132 valence electrons. The summed E-state index contributed by atoms with van der Waals surface area (Å²) in [6.07, 6.45) is 2.98. The lowest BCUT2D eigenvalue weighted by molar-refractivity contribution is -0.121. The number of benzene rings is 2. The monoisotopic (exact) mass is 357 g/mol. The SMILES string of the molecule is CCC1(CC)CC(NC(=O)Cc2ccc(Cl)cc2)c2ccccc2O1. The summed E-state index contributed by atoms with van der Waals surface area (Å²) in [4.78, 5) is 12.6. The molecule has 0 fully saturated rings. The van der Waals surface area contributed by atoms with Crippen molar-refractivity contribution >= 4 is 17.5 Å². The zero-order valence-electron chi connectivity index (χ0n) is 14.7. The predicted molar refractivity (Wildman–Crippen MR) is 101 cm³/mol. The highest BCUT2D eigenvalue weighted by Gasteiger charge is 2.38. The number of carbonyl (C=O) groups is 1. The fourth-order valence-electron chi connectivity index (χ4n) is 3.46. The second-order valence-electron chi connectivity index (χ2n) is 6.66. The van der Waals surface area contributed by atoms with Gasteiger partial charge in [0.2, 0.25) is 5.91 Å². The van der Waals surface area contributed by atoms with Crippen LogP contribution in [0.4, 0.5) is 0 Å². The summed E-state index contributed by atoms with van der Waals surface area (Å²) in [5, 5.41) is 3.89. The summed E-state index contributed by atoms with van der Waals surface area (Å²) < 4.78 is 6.30. The molecule has 25 heavy (non-hydrogen) atoms. The van der Waals surface area contributed by atoms with Crippen LogP contribution in [0.15, 0.2) is 48.5 Å². The quantitative estimate of drug-likeness (QED) is 0.810. The maximum absolute atomic E-state index is 12.6. The van der Waals surface area contributed by atoms with Gasteiger partial charge in [0, 0.05) is 17.0 Å². The van der Waals surface area contributed by atoms with Gasteiger partial charge in [0.15, 0.2) is 0 Å². The number of nitrogens with one attached hydrogen (secondary N) is 1. The van der Waals surface area contributed by atoms with Crippen molar-refractivity contribution in [2.45, 2.75) is 51.2 Å². The van der Waals surface area contributed by atoms with E-state index in [1.807, 2.05) is 48.5 Å². The molecule has 1 heterocycles. The molecule has 1 N–H and O–H groups in total. The zero-order chi connectivity index (χ0) is 17.9. The van der Waals surface area contributed by atoms with E-state index in [9.17, 15) is 4.79 Å². The first-order chi connectivity index (χ1) is 12.0. The topological polar surface area (TPSA) is 38.3 Å². The van der Waals surface area contributed by atoms with Crippen LogP contribution in [0.2, 0.25) is 5.02 Å². The third kappa shape index (κ3) is 3.98. The summed E-state index contributed by atoms with van der Waals surface area (Å²) in [5.41, 5.74) is 1.80. The standard InChI is InChI=1S/C21H24ClNO2/c1-3-21(4-2)14-18(17-7-5-6-8-19(17)25-21)23-20(24)13-15-9-11-16(22)12-10-15/h5-12,18H,3-4,13-14H2,1-2H3,(H,23,24). The van der Waals surface area contributed by atoms with E-state index in [0.29, 0.717) is 11.4 Å². The number of hydrogen-bond donors (Lipinski definition) is 1. The van der Waals surface area contributed by atoms with Gasteiger partial charge in [-0.05, 0) is 36.6 Å². The Balaban J connectivity index is 1.78. The first kappa shape index (κ1) is 17.8. The molecular weight excluding hydrogens is 334 g/mol. The third-order valence-corrected chi connectivity index (χ3v) is 5.35. The molecule has 3 nitrogen and oxygen atoms in total. The van der Waals surface area contributed by atoms with Crippen molar-refractivity contribution in [3.8, 4) is 5.75 Å². The van der Waals surface area contributed by atoms with Crippen LogP contribution in [-0.4, -0.2) is 11.5 Å². The summed E-state index contributed by atoms with van der Waals surface area (Å²) >= 11 is 5.91. The van der Waals surface area contributed by atoms with E-state index in [1.165, 1.54) is 0 Å². The molecule has 0 aromatic heterocycles. The highest BCUT2D eigenvalue weighted by atomic mass is 35.5. The van der Waals surface area contributed by atoms with E-state index in [1.54, 1.807) is 0 Å². The van der Waals surface area contributed by atoms with Crippen LogP contribution in [0, 0.1) is 0 Å². The van der Waals surface area contributed by atoms with Crippen LogP contribution >= 0.6 is 11.6 Å². The van der Waals surface area contributed by atoms with Gasteiger partial charge in [0.05, 0.1) is 12.5 Å². The minimum atomic E-state index is -0.216. The van der Waals surface area contributed by atoms with Gasteiger partial charge in [0.1, 0.15) is 11.4 Å². The third-order valence-electron chi connectivity index (χ3n) is 5.10. The zero-order valence-corrected chi connectivity index (χ0v) is 15.5. The predicted octanol–water partition coefficient (Wildman–Crippen LogP) is 5.08. The Labute approximate surface area is 154 Å². The van der Waals surface area contributed by atoms with E-state index >= 15 is 0 Å². The molecule has 1 aliphatic rings. The molecule has 0 saturated heterocycles. The van der Waals surface area contributed by atoms with Crippen molar-refractivity contribution in [3.05, 3.63) is 64.7 Å². The Morgan fingerprint density at radius 1 is 1.16 bits per heavy atom. The van der Waals surface area contributed by atoms with Crippen molar-refractivity contribution < 1.29 is 9.53 Å². The summed E-state index contributed by atoms with van der Waals surface area (Å²) in [6.45, 7) is 4.29. The lowest BCUT2D eigenvalue weighted by Gasteiger charge is -2.41. The number of carbonyl (C=O) groups excluding carboxylic acids is 1. The maximum Gasteiger partial charge on any atom is 0.224 e. The van der Waals surface area contributed by atoms with Crippen molar-refractivity contribution in [2.75, 3.05) is 0 Å². The van der Waals surface area contributed by atoms with Gasteiger partial charge in [-0.2, -0.15) is 0 Å². The van der Waals surface area contributed by atoms with Gasteiger partial charge in [-0.1, -0.05) is 55.8 Å². The molecule has 1 amide bonds. The Morgan fingerprint density at radius 2 is 1.84 bits per heavy atom.